The van der Waals surface area contributed by atoms with Crippen LogP contribution in [-0.2, 0) is 5.75 Å². The Morgan fingerprint density at radius 3 is 2.65 bits per heavy atom. The number of nitrogens with two attached hydrogens (primary N) is 1. The molecule has 2 heterocycles. The van der Waals surface area contributed by atoms with Crippen LogP contribution in [0.25, 0.3) is 0 Å². The van der Waals surface area contributed by atoms with E-state index in [2.05, 4.69) is 25.8 Å². The number of hydrogen-bond donors (Lipinski definition) is 2. The highest BCUT2D eigenvalue weighted by molar-refractivity contribution is 8.00. The average molecular weight is 289 g/mol. The molecule has 10 heteroatoms. The molecule has 2 aromatic heterocycles. The lowest BCUT2D eigenvalue weighted by Crippen LogP contribution is -2.07. The van der Waals surface area contributed by atoms with Crippen LogP contribution in [0.3, 0.4) is 0 Å². The zero-order valence-corrected chi connectivity index (χ0v) is 11.7. The summed E-state index contributed by atoms with van der Waals surface area (Å²) in [5, 5.41) is 18.4. The standard InChI is InChI=1S/C7H11N7S3/c1-14(2)6-12-13-7(17-6)15-3-4-10-11-5(9-8)16-4/h3,8H2,1-2H3,(H,9,11). The van der Waals surface area contributed by atoms with Gasteiger partial charge in [-0.1, -0.05) is 34.4 Å². The van der Waals surface area contributed by atoms with Gasteiger partial charge in [-0.2, -0.15) is 0 Å². The summed E-state index contributed by atoms with van der Waals surface area (Å²) in [6.07, 6.45) is 0. The number of aromatic nitrogens is 4. The maximum atomic E-state index is 5.23. The first-order chi connectivity index (χ1) is 8.19. The van der Waals surface area contributed by atoms with Crippen molar-refractivity contribution in [2.45, 2.75) is 10.1 Å². The molecule has 0 aliphatic heterocycles. The van der Waals surface area contributed by atoms with Gasteiger partial charge < -0.3 is 4.90 Å². The Morgan fingerprint density at radius 2 is 2.06 bits per heavy atom. The molecule has 92 valence electrons. The van der Waals surface area contributed by atoms with Gasteiger partial charge in [0, 0.05) is 14.1 Å². The van der Waals surface area contributed by atoms with Gasteiger partial charge in [-0.25, -0.2) is 5.84 Å². The SMILES string of the molecule is CN(C)c1nnc(SCc2nnc(NN)s2)s1. The van der Waals surface area contributed by atoms with Gasteiger partial charge in [-0.3, -0.25) is 5.43 Å². The van der Waals surface area contributed by atoms with Crippen LogP contribution >= 0.6 is 34.4 Å². The van der Waals surface area contributed by atoms with Crippen LogP contribution in [0.5, 0.6) is 0 Å². The van der Waals surface area contributed by atoms with Gasteiger partial charge in [0.05, 0.1) is 5.75 Å². The van der Waals surface area contributed by atoms with Crippen molar-refractivity contribution in [3.63, 3.8) is 0 Å². The van der Waals surface area contributed by atoms with E-state index in [0.717, 1.165) is 20.2 Å². The van der Waals surface area contributed by atoms with Gasteiger partial charge in [0.1, 0.15) is 5.01 Å². The van der Waals surface area contributed by atoms with Gasteiger partial charge in [-0.05, 0) is 0 Å². The number of hydrazine groups is 1. The molecule has 0 saturated heterocycles. The number of thioether (sulfide) groups is 1. The number of rotatable bonds is 5. The van der Waals surface area contributed by atoms with Crippen LogP contribution in [0, 0.1) is 0 Å². The van der Waals surface area contributed by atoms with Gasteiger partial charge in [-0.15, -0.1) is 20.4 Å². The fraction of sp³-hybridized carbons (Fsp3) is 0.429. The van der Waals surface area contributed by atoms with Gasteiger partial charge in [0.25, 0.3) is 0 Å². The van der Waals surface area contributed by atoms with Crippen LogP contribution in [0.15, 0.2) is 4.34 Å². The molecule has 0 amide bonds. The van der Waals surface area contributed by atoms with Crippen molar-refractivity contribution in [2.75, 3.05) is 24.4 Å². The normalized spacial score (nSPS) is 10.5. The number of nitrogen functional groups attached to an aromatic ring is 1. The second-order valence-electron chi connectivity index (χ2n) is 3.18. The molecule has 17 heavy (non-hydrogen) atoms. The Hall–Kier alpha value is -0.970. The quantitative estimate of drug-likeness (QED) is 0.479. The Kier molecular flexibility index (Phi) is 4.10. The molecule has 0 atom stereocenters. The lowest BCUT2D eigenvalue weighted by atomic mass is 10.9. The molecule has 0 aliphatic rings. The summed E-state index contributed by atoms with van der Waals surface area (Å²) in [7, 11) is 3.89. The topological polar surface area (TPSA) is 92.8 Å². The van der Waals surface area contributed by atoms with Crippen molar-refractivity contribution in [2.24, 2.45) is 5.84 Å². The lowest BCUT2D eigenvalue weighted by molar-refractivity contribution is 0.971. The molecule has 0 fully saturated rings. The summed E-state index contributed by atoms with van der Waals surface area (Å²) in [6.45, 7) is 0. The monoisotopic (exact) mass is 289 g/mol. The average Bonchev–Trinajstić information content (AvgIpc) is 2.95. The third-order valence-electron chi connectivity index (χ3n) is 1.69. The predicted molar refractivity (Wildman–Crippen MR) is 71.5 cm³/mol. The molecule has 0 aliphatic carbocycles. The van der Waals surface area contributed by atoms with E-state index in [1.807, 2.05) is 19.0 Å². The number of hydrogen-bond acceptors (Lipinski definition) is 10. The van der Waals surface area contributed by atoms with Gasteiger partial charge in [0.2, 0.25) is 10.3 Å². The second kappa shape index (κ2) is 5.58. The minimum Gasteiger partial charge on any atom is -0.353 e. The highest BCUT2D eigenvalue weighted by Crippen LogP contribution is 2.30. The summed E-state index contributed by atoms with van der Waals surface area (Å²) >= 11 is 4.58. The molecule has 0 bridgehead atoms. The smallest absolute Gasteiger partial charge is 0.219 e. The fourth-order valence-electron chi connectivity index (χ4n) is 0.935. The molecule has 0 unspecified atom stereocenters. The van der Waals surface area contributed by atoms with Crippen LogP contribution in [-0.4, -0.2) is 34.5 Å². The molecular formula is C7H11N7S3. The van der Waals surface area contributed by atoms with E-state index >= 15 is 0 Å². The molecular weight excluding hydrogens is 278 g/mol. The Morgan fingerprint density at radius 1 is 1.24 bits per heavy atom. The molecule has 2 aromatic rings. The fourth-order valence-corrected chi connectivity index (χ4v) is 3.33. The Balaban J connectivity index is 1.92. The summed E-state index contributed by atoms with van der Waals surface area (Å²) < 4.78 is 0.922. The van der Waals surface area contributed by atoms with Crippen molar-refractivity contribution in [1.29, 1.82) is 0 Å². The van der Waals surface area contributed by atoms with E-state index in [1.165, 1.54) is 11.3 Å². The maximum Gasteiger partial charge on any atom is 0.219 e. The molecule has 3 N–H and O–H groups in total. The maximum absolute atomic E-state index is 5.23. The summed E-state index contributed by atoms with van der Waals surface area (Å²) in [6, 6.07) is 0. The first-order valence-corrected chi connectivity index (χ1v) is 7.23. The van der Waals surface area contributed by atoms with Crippen molar-refractivity contribution in [3.05, 3.63) is 5.01 Å². The van der Waals surface area contributed by atoms with E-state index in [0.29, 0.717) is 5.13 Å². The number of anilines is 2. The van der Waals surface area contributed by atoms with Crippen molar-refractivity contribution in [1.82, 2.24) is 20.4 Å². The van der Waals surface area contributed by atoms with Crippen molar-refractivity contribution >= 4 is 44.7 Å². The van der Waals surface area contributed by atoms with Crippen molar-refractivity contribution < 1.29 is 0 Å². The molecule has 0 spiro atoms. The first kappa shape index (κ1) is 12.5. The van der Waals surface area contributed by atoms with Crippen molar-refractivity contribution in [3.8, 4) is 0 Å². The van der Waals surface area contributed by atoms with Crippen LogP contribution < -0.4 is 16.2 Å². The molecule has 0 saturated carbocycles. The van der Waals surface area contributed by atoms with Crippen LogP contribution in [0.1, 0.15) is 5.01 Å². The zero-order chi connectivity index (χ0) is 12.3. The number of nitrogens with one attached hydrogen (secondary N) is 1. The van der Waals surface area contributed by atoms with E-state index in [4.69, 9.17) is 5.84 Å². The minimum absolute atomic E-state index is 0.617. The van der Waals surface area contributed by atoms with E-state index in [-0.39, 0.29) is 0 Å². The highest BCUT2D eigenvalue weighted by atomic mass is 32.2. The Labute approximate surface area is 110 Å². The lowest BCUT2D eigenvalue weighted by Gasteiger charge is -2.03. The molecule has 2 rings (SSSR count). The zero-order valence-electron chi connectivity index (χ0n) is 9.25. The third-order valence-corrected chi connectivity index (χ3v) is 4.96. The van der Waals surface area contributed by atoms with Crippen LogP contribution in [0.4, 0.5) is 10.3 Å². The number of nitrogens with zero attached hydrogens (tertiary/aromatic N) is 5. The molecule has 7 nitrogen and oxygen atoms in total. The Bertz CT molecular complexity index is 479. The second-order valence-corrected chi connectivity index (χ2v) is 6.42. The van der Waals surface area contributed by atoms with E-state index < -0.39 is 0 Å². The van der Waals surface area contributed by atoms with Gasteiger partial charge >= 0.3 is 0 Å². The van der Waals surface area contributed by atoms with E-state index in [9.17, 15) is 0 Å². The highest BCUT2D eigenvalue weighted by Gasteiger charge is 2.08. The third kappa shape index (κ3) is 3.25. The summed E-state index contributed by atoms with van der Waals surface area (Å²) in [4.78, 5) is 1.93. The van der Waals surface area contributed by atoms with Crippen LogP contribution in [0.2, 0.25) is 0 Å². The summed E-state index contributed by atoms with van der Waals surface area (Å²) in [5.41, 5.74) is 2.47. The van der Waals surface area contributed by atoms with E-state index in [1.54, 1.807) is 23.1 Å². The minimum atomic E-state index is 0.617. The summed E-state index contributed by atoms with van der Waals surface area (Å²) in [5.74, 6) is 5.96. The molecule has 0 radical (unpaired) electrons. The van der Waals surface area contributed by atoms with Gasteiger partial charge in [0.15, 0.2) is 4.34 Å². The molecule has 0 aromatic carbocycles. The predicted octanol–water partition coefficient (Wildman–Crippen LogP) is 1.03. The first-order valence-electron chi connectivity index (χ1n) is 4.61. The largest absolute Gasteiger partial charge is 0.353 e.